The van der Waals surface area contributed by atoms with Gasteiger partial charge in [0.1, 0.15) is 5.75 Å². The molecule has 149 valence electrons. The lowest BCUT2D eigenvalue weighted by molar-refractivity contribution is 0.220. The van der Waals surface area contributed by atoms with Crippen molar-refractivity contribution in [1.82, 2.24) is 10.1 Å². The van der Waals surface area contributed by atoms with Crippen molar-refractivity contribution in [2.24, 2.45) is 5.92 Å². The van der Waals surface area contributed by atoms with Crippen molar-refractivity contribution in [3.8, 4) is 5.75 Å². The van der Waals surface area contributed by atoms with Crippen LogP contribution in [0, 0.1) is 12.3 Å². The SMILES string of the molecule is CC(C)c1noc(N2CCC(COc3ccc(C4=CC[CH]CC4)cc3)CC2)n1. The van der Waals surface area contributed by atoms with Gasteiger partial charge in [-0.25, -0.2) is 0 Å². The second-order valence-electron chi connectivity index (χ2n) is 8.15. The standard InChI is InChI=1S/C23H30N3O2/c1-17(2)22-24-23(28-25-22)26-14-12-18(13-15-26)16-27-21-10-8-20(9-11-21)19-6-4-3-5-7-19/h3,6,8-11,17-18H,4-5,7,12-16H2,1-2H3. The summed E-state index contributed by atoms with van der Waals surface area (Å²) in [6, 6.07) is 9.26. The third-order valence-corrected chi connectivity index (χ3v) is 5.69. The Kier molecular flexibility index (Phi) is 5.98. The van der Waals surface area contributed by atoms with Crippen molar-refractivity contribution in [2.75, 3.05) is 24.6 Å². The highest BCUT2D eigenvalue weighted by Crippen LogP contribution is 2.28. The summed E-state index contributed by atoms with van der Waals surface area (Å²) in [6.45, 7) is 6.81. The van der Waals surface area contributed by atoms with Crippen LogP contribution in [-0.4, -0.2) is 29.8 Å². The molecule has 0 N–H and O–H groups in total. The molecule has 1 fully saturated rings. The maximum absolute atomic E-state index is 6.07. The lowest BCUT2D eigenvalue weighted by atomic mass is 9.94. The minimum atomic E-state index is 0.294. The van der Waals surface area contributed by atoms with E-state index in [-0.39, 0.29) is 0 Å². The highest BCUT2D eigenvalue weighted by molar-refractivity contribution is 5.67. The Hall–Kier alpha value is -2.30. The summed E-state index contributed by atoms with van der Waals surface area (Å²) < 4.78 is 11.5. The number of nitrogens with zero attached hydrogens (tertiary/aromatic N) is 3. The number of hydrogen-bond acceptors (Lipinski definition) is 5. The van der Waals surface area contributed by atoms with E-state index < -0.39 is 0 Å². The molecule has 1 aromatic carbocycles. The topological polar surface area (TPSA) is 51.4 Å². The summed E-state index contributed by atoms with van der Waals surface area (Å²) >= 11 is 0. The quantitative estimate of drug-likeness (QED) is 0.684. The van der Waals surface area contributed by atoms with Crippen LogP contribution in [0.4, 0.5) is 6.01 Å². The fraction of sp³-hybridized carbons (Fsp3) is 0.522. The number of aromatic nitrogens is 2. The first-order valence-electron chi connectivity index (χ1n) is 10.5. The molecular formula is C23H30N3O2. The van der Waals surface area contributed by atoms with Crippen molar-refractivity contribution < 1.29 is 9.26 Å². The fourth-order valence-electron chi connectivity index (χ4n) is 3.82. The van der Waals surface area contributed by atoms with E-state index in [1.807, 2.05) is 0 Å². The van der Waals surface area contributed by atoms with Crippen molar-refractivity contribution >= 4 is 11.6 Å². The summed E-state index contributed by atoms with van der Waals surface area (Å²) in [5.41, 5.74) is 2.79. The number of ether oxygens (including phenoxy) is 1. The Morgan fingerprint density at radius 2 is 1.96 bits per heavy atom. The van der Waals surface area contributed by atoms with Crippen LogP contribution >= 0.6 is 0 Å². The predicted molar refractivity (Wildman–Crippen MR) is 111 cm³/mol. The Morgan fingerprint density at radius 1 is 1.18 bits per heavy atom. The molecular weight excluding hydrogens is 350 g/mol. The molecule has 1 saturated heterocycles. The molecule has 2 aromatic rings. The van der Waals surface area contributed by atoms with Gasteiger partial charge in [0.15, 0.2) is 5.82 Å². The molecule has 0 saturated carbocycles. The van der Waals surface area contributed by atoms with E-state index in [0.717, 1.165) is 57.0 Å². The number of piperidine rings is 1. The highest BCUT2D eigenvalue weighted by Gasteiger charge is 2.24. The predicted octanol–water partition coefficient (Wildman–Crippen LogP) is 5.26. The first-order chi connectivity index (χ1) is 13.7. The molecule has 1 aromatic heterocycles. The number of allylic oxidation sites excluding steroid dienone is 2. The van der Waals surface area contributed by atoms with E-state index in [0.29, 0.717) is 17.9 Å². The third kappa shape index (κ3) is 4.57. The summed E-state index contributed by atoms with van der Waals surface area (Å²) in [5, 5.41) is 4.07. The van der Waals surface area contributed by atoms with Gasteiger partial charge in [0.05, 0.1) is 6.61 Å². The summed E-state index contributed by atoms with van der Waals surface area (Å²) in [6.07, 6.45) is 10.3. The first-order valence-corrected chi connectivity index (χ1v) is 10.5. The Morgan fingerprint density at radius 3 is 2.61 bits per heavy atom. The summed E-state index contributed by atoms with van der Waals surface area (Å²) in [5.74, 6) is 2.61. The highest BCUT2D eigenvalue weighted by atomic mass is 16.5. The van der Waals surface area contributed by atoms with Crippen LogP contribution in [0.1, 0.15) is 63.3 Å². The zero-order valence-corrected chi connectivity index (χ0v) is 16.9. The molecule has 2 aliphatic rings. The van der Waals surface area contributed by atoms with Gasteiger partial charge in [-0.2, -0.15) is 4.98 Å². The van der Waals surface area contributed by atoms with Crippen molar-refractivity contribution in [1.29, 1.82) is 0 Å². The molecule has 0 unspecified atom stereocenters. The Bertz CT molecular complexity index is 786. The molecule has 2 heterocycles. The maximum Gasteiger partial charge on any atom is 0.324 e. The second-order valence-corrected chi connectivity index (χ2v) is 8.15. The van der Waals surface area contributed by atoms with Crippen LogP contribution in [-0.2, 0) is 0 Å². The maximum atomic E-state index is 6.07. The summed E-state index contributed by atoms with van der Waals surface area (Å²) in [7, 11) is 0. The first kappa shape index (κ1) is 19.0. The van der Waals surface area contributed by atoms with Crippen LogP contribution < -0.4 is 9.64 Å². The molecule has 0 atom stereocenters. The monoisotopic (exact) mass is 380 g/mol. The summed E-state index contributed by atoms with van der Waals surface area (Å²) in [4.78, 5) is 6.70. The van der Waals surface area contributed by atoms with Gasteiger partial charge in [-0.1, -0.05) is 37.2 Å². The van der Waals surface area contributed by atoms with Crippen molar-refractivity contribution in [2.45, 2.75) is 51.9 Å². The molecule has 4 rings (SSSR count). The third-order valence-electron chi connectivity index (χ3n) is 5.69. The zero-order chi connectivity index (χ0) is 19.3. The minimum absolute atomic E-state index is 0.294. The lowest BCUT2D eigenvalue weighted by Crippen LogP contribution is -2.35. The van der Waals surface area contributed by atoms with E-state index in [1.54, 1.807) is 0 Å². The van der Waals surface area contributed by atoms with Crippen LogP contribution in [0.3, 0.4) is 0 Å². The number of rotatable bonds is 6. The number of hydrogen-bond donors (Lipinski definition) is 0. The van der Waals surface area contributed by atoms with Gasteiger partial charge in [0.25, 0.3) is 0 Å². The van der Waals surface area contributed by atoms with Gasteiger partial charge in [-0.05, 0) is 67.7 Å². The van der Waals surface area contributed by atoms with Gasteiger partial charge < -0.3 is 14.2 Å². The van der Waals surface area contributed by atoms with Gasteiger partial charge in [-0.15, -0.1) is 0 Å². The van der Waals surface area contributed by atoms with Crippen molar-refractivity contribution in [3.05, 3.63) is 48.2 Å². The molecule has 5 heteroatoms. The Balaban J connectivity index is 1.24. The fourth-order valence-corrected chi connectivity index (χ4v) is 3.82. The van der Waals surface area contributed by atoms with E-state index in [4.69, 9.17) is 9.26 Å². The van der Waals surface area contributed by atoms with Crippen LogP contribution in [0.2, 0.25) is 0 Å². The average molecular weight is 381 g/mol. The van der Waals surface area contributed by atoms with E-state index in [2.05, 4.69) is 65.7 Å². The van der Waals surface area contributed by atoms with Gasteiger partial charge in [-0.3, -0.25) is 0 Å². The van der Waals surface area contributed by atoms with Gasteiger partial charge in [0.2, 0.25) is 0 Å². The van der Waals surface area contributed by atoms with Crippen LogP contribution in [0.15, 0.2) is 34.9 Å². The minimum Gasteiger partial charge on any atom is -0.493 e. The molecule has 5 nitrogen and oxygen atoms in total. The molecule has 0 spiro atoms. The van der Waals surface area contributed by atoms with E-state index in [1.165, 1.54) is 17.6 Å². The van der Waals surface area contributed by atoms with Crippen LogP contribution in [0.25, 0.3) is 5.57 Å². The molecule has 0 bridgehead atoms. The average Bonchev–Trinajstić information content (AvgIpc) is 3.24. The van der Waals surface area contributed by atoms with Gasteiger partial charge >= 0.3 is 6.01 Å². The molecule has 0 amide bonds. The number of benzene rings is 1. The molecule has 28 heavy (non-hydrogen) atoms. The van der Waals surface area contributed by atoms with Gasteiger partial charge in [0, 0.05) is 19.0 Å². The number of anilines is 1. The molecule has 1 aliphatic heterocycles. The second kappa shape index (κ2) is 8.80. The zero-order valence-electron chi connectivity index (χ0n) is 16.9. The van der Waals surface area contributed by atoms with Crippen molar-refractivity contribution in [3.63, 3.8) is 0 Å². The normalized spacial score (nSPS) is 18.4. The molecule has 1 radical (unpaired) electrons. The van der Waals surface area contributed by atoms with Crippen LogP contribution in [0.5, 0.6) is 5.75 Å². The largest absolute Gasteiger partial charge is 0.493 e. The lowest BCUT2D eigenvalue weighted by Gasteiger charge is -2.30. The Labute approximate surface area is 167 Å². The van der Waals surface area contributed by atoms with E-state index >= 15 is 0 Å². The smallest absolute Gasteiger partial charge is 0.324 e. The molecule has 1 aliphatic carbocycles. The van der Waals surface area contributed by atoms with E-state index in [9.17, 15) is 0 Å².